The van der Waals surface area contributed by atoms with Gasteiger partial charge in [-0.15, -0.1) is 0 Å². The van der Waals surface area contributed by atoms with Crippen molar-refractivity contribution in [3.05, 3.63) is 27.3 Å². The molecule has 1 amide bonds. The summed E-state index contributed by atoms with van der Waals surface area (Å²) < 4.78 is 0.973. The Hall–Kier alpha value is -0.780. The summed E-state index contributed by atoms with van der Waals surface area (Å²) in [5.41, 5.74) is 0.414. The lowest BCUT2D eigenvalue weighted by Crippen LogP contribution is -2.59. The Kier molecular flexibility index (Phi) is 3.21. The van der Waals surface area contributed by atoms with Crippen molar-refractivity contribution in [2.45, 2.75) is 44.1 Å². The molecule has 0 aliphatic heterocycles. The maximum absolute atomic E-state index is 12.6. The highest BCUT2D eigenvalue weighted by Gasteiger charge is 2.51. The number of carbonyl (C=O) groups is 1. The van der Waals surface area contributed by atoms with Crippen molar-refractivity contribution in [3.8, 4) is 5.75 Å². The van der Waals surface area contributed by atoms with Gasteiger partial charge in [0, 0.05) is 9.11 Å². The quantitative estimate of drug-likeness (QED) is 0.748. The number of carbonyl (C=O) groups excluding carboxylic acids is 1. The minimum Gasteiger partial charge on any atom is -0.507 e. The van der Waals surface area contributed by atoms with E-state index in [-0.39, 0.29) is 17.2 Å². The van der Waals surface area contributed by atoms with Crippen molar-refractivity contribution in [2.24, 2.45) is 17.8 Å². The number of phenols is 1. The van der Waals surface area contributed by atoms with Crippen LogP contribution in [0.3, 0.4) is 0 Å². The Morgan fingerprint density at radius 2 is 1.71 bits per heavy atom. The lowest BCUT2D eigenvalue weighted by Gasteiger charge is -2.56. The first-order valence-corrected chi connectivity index (χ1v) is 8.92. The van der Waals surface area contributed by atoms with Crippen molar-refractivity contribution < 1.29 is 9.90 Å². The van der Waals surface area contributed by atoms with Crippen LogP contribution >= 0.6 is 22.6 Å². The van der Waals surface area contributed by atoms with Crippen LogP contribution in [0.5, 0.6) is 5.75 Å². The average Bonchev–Trinajstić information content (AvgIpc) is 2.39. The number of hydrogen-bond donors (Lipinski definition) is 2. The monoisotopic (exact) mass is 397 g/mol. The van der Waals surface area contributed by atoms with Gasteiger partial charge >= 0.3 is 0 Å². The molecule has 0 saturated heterocycles. The van der Waals surface area contributed by atoms with Crippen LogP contribution in [0.15, 0.2) is 18.2 Å². The van der Waals surface area contributed by atoms with Crippen LogP contribution in [0.4, 0.5) is 0 Å². The molecule has 4 aliphatic carbocycles. The molecule has 0 unspecified atom stereocenters. The van der Waals surface area contributed by atoms with E-state index in [9.17, 15) is 9.90 Å². The third-order valence-corrected chi connectivity index (χ3v) is 6.29. The van der Waals surface area contributed by atoms with E-state index in [2.05, 4.69) is 27.9 Å². The van der Waals surface area contributed by atoms with Gasteiger partial charge in [-0.05, 0) is 97.1 Å². The average molecular weight is 397 g/mol. The van der Waals surface area contributed by atoms with E-state index < -0.39 is 0 Å². The van der Waals surface area contributed by atoms with Gasteiger partial charge in [-0.3, -0.25) is 4.79 Å². The van der Waals surface area contributed by atoms with Crippen molar-refractivity contribution in [1.82, 2.24) is 5.32 Å². The maximum atomic E-state index is 12.6. The molecule has 4 saturated carbocycles. The number of aromatic hydroxyl groups is 1. The molecule has 21 heavy (non-hydrogen) atoms. The molecule has 4 aliphatic rings. The minimum atomic E-state index is -0.104. The number of benzene rings is 1. The fourth-order valence-electron chi connectivity index (χ4n) is 5.26. The Morgan fingerprint density at radius 1 is 1.14 bits per heavy atom. The standard InChI is InChI=1S/C17H20INO2/c18-13-1-2-15(20)14(6-13)16(21)19-17-7-10-3-11(8-17)5-12(4-10)9-17/h1-2,6,10-12,20H,3-5,7-9H2,(H,19,21). The van der Waals surface area contributed by atoms with Gasteiger partial charge in [-0.25, -0.2) is 0 Å². The van der Waals surface area contributed by atoms with Crippen molar-refractivity contribution >= 4 is 28.5 Å². The number of rotatable bonds is 2. The summed E-state index contributed by atoms with van der Waals surface area (Å²) in [7, 11) is 0. The van der Waals surface area contributed by atoms with E-state index in [4.69, 9.17) is 0 Å². The maximum Gasteiger partial charge on any atom is 0.255 e. The molecule has 0 aromatic heterocycles. The predicted molar refractivity (Wildman–Crippen MR) is 89.2 cm³/mol. The minimum absolute atomic E-state index is 0.000445. The molecule has 2 N–H and O–H groups in total. The first-order valence-electron chi connectivity index (χ1n) is 7.84. The third kappa shape index (κ3) is 2.45. The number of amides is 1. The van der Waals surface area contributed by atoms with E-state index in [0.29, 0.717) is 5.56 Å². The number of hydrogen-bond acceptors (Lipinski definition) is 2. The molecular formula is C17H20INO2. The molecule has 4 heteroatoms. The molecular weight excluding hydrogens is 377 g/mol. The molecule has 5 rings (SSSR count). The van der Waals surface area contributed by atoms with Gasteiger partial charge in [0.15, 0.2) is 0 Å². The number of halogens is 1. The Labute approximate surface area is 138 Å². The summed E-state index contributed by atoms with van der Waals surface area (Å²) in [6, 6.07) is 5.19. The lowest BCUT2D eigenvalue weighted by molar-refractivity contribution is -0.0167. The Bertz CT molecular complexity index is 563. The molecule has 3 nitrogen and oxygen atoms in total. The molecule has 0 spiro atoms. The van der Waals surface area contributed by atoms with E-state index in [0.717, 1.165) is 40.6 Å². The van der Waals surface area contributed by atoms with Gasteiger partial charge < -0.3 is 10.4 Å². The summed E-state index contributed by atoms with van der Waals surface area (Å²) in [6.45, 7) is 0. The molecule has 4 fully saturated rings. The van der Waals surface area contributed by atoms with E-state index in [1.54, 1.807) is 12.1 Å². The van der Waals surface area contributed by atoms with Gasteiger partial charge in [0.1, 0.15) is 5.75 Å². The third-order valence-electron chi connectivity index (χ3n) is 5.62. The van der Waals surface area contributed by atoms with Gasteiger partial charge in [0.2, 0.25) is 0 Å². The molecule has 112 valence electrons. The molecule has 1 aromatic carbocycles. The normalized spacial score (nSPS) is 36.7. The van der Waals surface area contributed by atoms with E-state index in [1.807, 2.05) is 6.07 Å². The second-order valence-electron chi connectivity index (χ2n) is 7.31. The van der Waals surface area contributed by atoms with Gasteiger partial charge in [-0.1, -0.05) is 0 Å². The van der Waals surface area contributed by atoms with Crippen LogP contribution < -0.4 is 5.32 Å². The summed E-state index contributed by atoms with van der Waals surface area (Å²) in [6.07, 6.45) is 7.50. The zero-order valence-electron chi connectivity index (χ0n) is 11.9. The second-order valence-corrected chi connectivity index (χ2v) is 8.56. The van der Waals surface area contributed by atoms with Crippen LogP contribution in [0, 0.1) is 21.3 Å². The molecule has 4 bridgehead atoms. The predicted octanol–water partition coefficient (Wildman–Crippen LogP) is 3.70. The fraction of sp³-hybridized carbons (Fsp3) is 0.588. The number of nitrogens with one attached hydrogen (secondary N) is 1. The fourth-order valence-corrected chi connectivity index (χ4v) is 5.75. The van der Waals surface area contributed by atoms with E-state index >= 15 is 0 Å². The largest absolute Gasteiger partial charge is 0.507 e. The summed E-state index contributed by atoms with van der Waals surface area (Å²) in [4.78, 5) is 12.6. The van der Waals surface area contributed by atoms with Crippen LogP contribution in [0.1, 0.15) is 48.9 Å². The Morgan fingerprint density at radius 3 is 2.29 bits per heavy atom. The molecule has 0 radical (unpaired) electrons. The van der Waals surface area contributed by atoms with Crippen LogP contribution in [0.25, 0.3) is 0 Å². The highest BCUT2D eigenvalue weighted by Crippen LogP contribution is 2.55. The van der Waals surface area contributed by atoms with Gasteiger partial charge in [0.25, 0.3) is 5.91 Å². The summed E-state index contributed by atoms with van der Waals surface area (Å²) in [5.74, 6) is 2.40. The van der Waals surface area contributed by atoms with Crippen LogP contribution in [-0.4, -0.2) is 16.6 Å². The molecule has 1 aromatic rings. The smallest absolute Gasteiger partial charge is 0.255 e. The number of phenolic OH excluding ortho intramolecular Hbond substituents is 1. The van der Waals surface area contributed by atoms with Gasteiger partial charge in [0.05, 0.1) is 5.56 Å². The van der Waals surface area contributed by atoms with Crippen molar-refractivity contribution in [1.29, 1.82) is 0 Å². The topological polar surface area (TPSA) is 49.3 Å². The first kappa shape index (κ1) is 13.9. The van der Waals surface area contributed by atoms with Crippen LogP contribution in [-0.2, 0) is 0 Å². The first-order chi connectivity index (χ1) is 10.0. The van der Waals surface area contributed by atoms with Gasteiger partial charge in [-0.2, -0.15) is 0 Å². The molecule has 0 atom stereocenters. The summed E-state index contributed by atoms with van der Waals surface area (Å²) >= 11 is 2.17. The zero-order valence-corrected chi connectivity index (χ0v) is 14.1. The lowest BCUT2D eigenvalue weighted by atomic mass is 9.53. The highest BCUT2D eigenvalue weighted by molar-refractivity contribution is 14.1. The summed E-state index contributed by atoms with van der Waals surface area (Å²) in [5, 5.41) is 13.3. The zero-order chi connectivity index (χ0) is 14.6. The highest BCUT2D eigenvalue weighted by atomic mass is 127. The van der Waals surface area contributed by atoms with Crippen molar-refractivity contribution in [3.63, 3.8) is 0 Å². The van der Waals surface area contributed by atoms with Crippen LogP contribution in [0.2, 0.25) is 0 Å². The second kappa shape index (κ2) is 4.86. The molecule has 0 heterocycles. The van der Waals surface area contributed by atoms with E-state index in [1.165, 1.54) is 19.3 Å². The Balaban J connectivity index is 1.58. The van der Waals surface area contributed by atoms with Crippen molar-refractivity contribution in [2.75, 3.05) is 0 Å². The SMILES string of the molecule is O=C(NC12CC3CC(CC(C3)C1)C2)c1cc(I)ccc1O.